The van der Waals surface area contributed by atoms with Gasteiger partial charge in [-0.15, -0.1) is 11.3 Å². The van der Waals surface area contributed by atoms with Gasteiger partial charge in [-0.2, -0.15) is 5.26 Å². The molecule has 1 heterocycles. The third-order valence-electron chi connectivity index (χ3n) is 4.79. The van der Waals surface area contributed by atoms with Crippen LogP contribution in [0.1, 0.15) is 51.2 Å². The third kappa shape index (κ3) is 3.22. The smallest absolute Gasteiger partial charge is 0.259 e. The van der Waals surface area contributed by atoms with Gasteiger partial charge in [0.05, 0.1) is 18.1 Å². The van der Waals surface area contributed by atoms with Gasteiger partial charge in [0.2, 0.25) is 0 Å². The van der Waals surface area contributed by atoms with E-state index in [0.717, 1.165) is 36.1 Å². The number of aryl methyl sites for hydroxylation is 3. The van der Waals surface area contributed by atoms with Crippen molar-refractivity contribution in [2.24, 2.45) is 0 Å². The summed E-state index contributed by atoms with van der Waals surface area (Å²) in [5, 5.41) is 11.0. The molecule has 0 aliphatic heterocycles. The molecular formula is C20H22N2OS. The molecule has 0 atom stereocenters. The Morgan fingerprint density at radius 2 is 2.04 bits per heavy atom. The standard InChI is InChI=1S/C20H22N2OS/c1-14-8-9-16(12-15(14)2)22(11-5-10-21)20(23)18-13-24-19-7-4-3-6-17(18)19/h8-9,12-13H,3-7,11H2,1-2H3. The normalized spacial score (nSPS) is 13.2. The van der Waals surface area contributed by atoms with Crippen molar-refractivity contribution in [2.45, 2.75) is 46.0 Å². The van der Waals surface area contributed by atoms with E-state index in [1.807, 2.05) is 23.6 Å². The molecule has 0 saturated carbocycles. The van der Waals surface area contributed by atoms with Crippen LogP contribution < -0.4 is 4.90 Å². The minimum atomic E-state index is 0.0351. The first-order valence-electron chi connectivity index (χ1n) is 8.47. The molecular weight excluding hydrogens is 316 g/mol. The average molecular weight is 338 g/mol. The van der Waals surface area contributed by atoms with Crippen LogP contribution in [-0.2, 0) is 12.8 Å². The first-order chi connectivity index (χ1) is 11.6. The lowest BCUT2D eigenvalue weighted by molar-refractivity contribution is 0.0987. The number of nitrogens with zero attached hydrogens (tertiary/aromatic N) is 2. The van der Waals surface area contributed by atoms with E-state index in [9.17, 15) is 4.79 Å². The minimum absolute atomic E-state index is 0.0351. The first kappa shape index (κ1) is 16.7. The number of amides is 1. The zero-order chi connectivity index (χ0) is 17.1. The van der Waals surface area contributed by atoms with E-state index in [-0.39, 0.29) is 5.91 Å². The van der Waals surface area contributed by atoms with Crippen LogP contribution in [0.15, 0.2) is 23.6 Å². The van der Waals surface area contributed by atoms with Crippen molar-refractivity contribution in [1.29, 1.82) is 5.26 Å². The van der Waals surface area contributed by atoms with Gasteiger partial charge >= 0.3 is 0 Å². The average Bonchev–Trinajstić information content (AvgIpc) is 3.02. The predicted molar refractivity (Wildman–Crippen MR) is 98.8 cm³/mol. The Morgan fingerprint density at radius 1 is 1.25 bits per heavy atom. The highest BCUT2D eigenvalue weighted by atomic mass is 32.1. The molecule has 24 heavy (non-hydrogen) atoms. The fourth-order valence-corrected chi connectivity index (χ4v) is 4.34. The van der Waals surface area contributed by atoms with Crippen LogP contribution in [0.5, 0.6) is 0 Å². The van der Waals surface area contributed by atoms with Gasteiger partial charge in [0.15, 0.2) is 0 Å². The Bertz CT molecular complexity index is 800. The second-order valence-electron chi connectivity index (χ2n) is 6.39. The number of fused-ring (bicyclic) bond motifs is 1. The maximum Gasteiger partial charge on any atom is 0.259 e. The van der Waals surface area contributed by atoms with Gasteiger partial charge in [-0.25, -0.2) is 0 Å². The van der Waals surface area contributed by atoms with Crippen LogP contribution >= 0.6 is 11.3 Å². The second-order valence-corrected chi connectivity index (χ2v) is 7.36. The molecule has 3 rings (SSSR count). The van der Waals surface area contributed by atoms with E-state index in [2.05, 4.69) is 19.9 Å². The Morgan fingerprint density at radius 3 is 2.79 bits per heavy atom. The topological polar surface area (TPSA) is 44.1 Å². The van der Waals surface area contributed by atoms with E-state index in [1.54, 1.807) is 16.2 Å². The van der Waals surface area contributed by atoms with Crippen LogP contribution in [0.2, 0.25) is 0 Å². The van der Waals surface area contributed by atoms with Crippen molar-refractivity contribution >= 4 is 22.9 Å². The van der Waals surface area contributed by atoms with Gasteiger partial charge in [0.25, 0.3) is 5.91 Å². The number of carbonyl (C=O) groups excluding carboxylic acids is 1. The van der Waals surface area contributed by atoms with E-state index in [4.69, 9.17) is 5.26 Å². The molecule has 0 radical (unpaired) electrons. The molecule has 0 bridgehead atoms. The molecule has 124 valence electrons. The SMILES string of the molecule is Cc1ccc(N(CCC#N)C(=O)c2csc3c2CCCC3)cc1C. The monoisotopic (exact) mass is 338 g/mol. The van der Waals surface area contributed by atoms with E-state index in [1.165, 1.54) is 22.4 Å². The maximum absolute atomic E-state index is 13.2. The van der Waals surface area contributed by atoms with Crippen LogP contribution in [-0.4, -0.2) is 12.5 Å². The zero-order valence-electron chi connectivity index (χ0n) is 14.3. The fraction of sp³-hybridized carbons (Fsp3) is 0.400. The van der Waals surface area contributed by atoms with Crippen molar-refractivity contribution in [3.63, 3.8) is 0 Å². The summed E-state index contributed by atoms with van der Waals surface area (Å²) >= 11 is 1.71. The molecule has 0 spiro atoms. The molecule has 0 saturated heterocycles. The zero-order valence-corrected chi connectivity index (χ0v) is 15.1. The number of rotatable bonds is 4. The molecule has 2 aromatic rings. The summed E-state index contributed by atoms with van der Waals surface area (Å²) in [6.45, 7) is 4.55. The molecule has 0 N–H and O–H groups in total. The van der Waals surface area contributed by atoms with E-state index >= 15 is 0 Å². The lowest BCUT2D eigenvalue weighted by Crippen LogP contribution is -2.32. The van der Waals surface area contributed by atoms with Crippen LogP contribution in [0.25, 0.3) is 0 Å². The molecule has 1 aliphatic carbocycles. The highest BCUT2D eigenvalue weighted by molar-refractivity contribution is 7.10. The van der Waals surface area contributed by atoms with Gasteiger partial charge in [-0.3, -0.25) is 4.79 Å². The molecule has 0 fully saturated rings. The highest BCUT2D eigenvalue weighted by Gasteiger charge is 2.25. The fourth-order valence-electron chi connectivity index (χ4n) is 3.22. The number of anilines is 1. The lowest BCUT2D eigenvalue weighted by Gasteiger charge is -2.23. The summed E-state index contributed by atoms with van der Waals surface area (Å²) in [7, 11) is 0. The van der Waals surface area contributed by atoms with Crippen molar-refractivity contribution in [3.8, 4) is 6.07 Å². The summed E-state index contributed by atoms with van der Waals surface area (Å²) in [5.74, 6) is 0.0351. The molecule has 1 aromatic carbocycles. The molecule has 1 aliphatic rings. The summed E-state index contributed by atoms with van der Waals surface area (Å²) in [6, 6.07) is 8.23. The highest BCUT2D eigenvalue weighted by Crippen LogP contribution is 2.32. The Kier molecular flexibility index (Phi) is 5.01. The van der Waals surface area contributed by atoms with Crippen molar-refractivity contribution in [3.05, 3.63) is 50.7 Å². The van der Waals surface area contributed by atoms with Crippen molar-refractivity contribution in [1.82, 2.24) is 0 Å². The Hall–Kier alpha value is -2.12. The first-order valence-corrected chi connectivity index (χ1v) is 9.35. The Balaban J connectivity index is 1.96. The Labute approximate surface area is 147 Å². The number of benzene rings is 1. The van der Waals surface area contributed by atoms with Gasteiger partial charge in [-0.05, 0) is 68.4 Å². The van der Waals surface area contributed by atoms with Gasteiger partial charge in [-0.1, -0.05) is 6.07 Å². The maximum atomic E-state index is 13.2. The number of nitriles is 1. The van der Waals surface area contributed by atoms with Crippen molar-refractivity contribution < 1.29 is 4.79 Å². The predicted octanol–water partition coefficient (Wildman–Crippen LogP) is 4.80. The molecule has 3 nitrogen and oxygen atoms in total. The number of carbonyl (C=O) groups is 1. The second kappa shape index (κ2) is 7.19. The molecule has 0 unspecified atom stereocenters. The number of hydrogen-bond donors (Lipinski definition) is 0. The van der Waals surface area contributed by atoms with Gasteiger partial charge < -0.3 is 4.90 Å². The van der Waals surface area contributed by atoms with Crippen LogP contribution in [0, 0.1) is 25.2 Å². The van der Waals surface area contributed by atoms with Crippen molar-refractivity contribution in [2.75, 3.05) is 11.4 Å². The van der Waals surface area contributed by atoms with E-state index in [0.29, 0.717) is 13.0 Å². The van der Waals surface area contributed by atoms with E-state index < -0.39 is 0 Å². The quantitative estimate of drug-likeness (QED) is 0.803. The number of hydrogen-bond acceptors (Lipinski definition) is 3. The summed E-state index contributed by atoms with van der Waals surface area (Å²) < 4.78 is 0. The van der Waals surface area contributed by atoms with Gasteiger partial charge in [0.1, 0.15) is 0 Å². The largest absolute Gasteiger partial charge is 0.307 e. The molecule has 1 amide bonds. The van der Waals surface area contributed by atoms with Crippen LogP contribution in [0.3, 0.4) is 0 Å². The molecule has 4 heteroatoms. The summed E-state index contributed by atoms with van der Waals surface area (Å²) in [5.41, 5.74) is 5.33. The summed E-state index contributed by atoms with van der Waals surface area (Å²) in [4.78, 5) is 16.3. The minimum Gasteiger partial charge on any atom is -0.307 e. The lowest BCUT2D eigenvalue weighted by atomic mass is 9.95. The summed E-state index contributed by atoms with van der Waals surface area (Å²) in [6.07, 6.45) is 4.81. The molecule has 1 aromatic heterocycles. The van der Waals surface area contributed by atoms with Gasteiger partial charge in [0, 0.05) is 22.5 Å². The third-order valence-corrected chi connectivity index (χ3v) is 5.87. The van der Waals surface area contributed by atoms with Crippen LogP contribution in [0.4, 0.5) is 5.69 Å². The number of thiophene rings is 1.